The molecule has 2 atom stereocenters. The Morgan fingerprint density at radius 3 is 1.06 bits per heavy atom. The molecule has 0 radical (unpaired) electrons. The number of hydrogen-bond donors (Lipinski definition) is 0. The number of allylic oxidation sites excluding steroid dienone is 5. The molecule has 204 valence electrons. The van der Waals surface area contributed by atoms with Gasteiger partial charge in [-0.25, -0.2) is 0 Å². The van der Waals surface area contributed by atoms with Gasteiger partial charge in [0.15, 0.2) is 0 Å². The van der Waals surface area contributed by atoms with Crippen molar-refractivity contribution >= 4 is 0 Å². The molecular formula is C31H50O5. The van der Waals surface area contributed by atoms with Crippen LogP contribution in [0.2, 0.25) is 0 Å². The van der Waals surface area contributed by atoms with Crippen LogP contribution in [-0.2, 0) is 23.7 Å². The summed E-state index contributed by atoms with van der Waals surface area (Å²) < 4.78 is 24.5. The number of rotatable bonds is 0. The van der Waals surface area contributed by atoms with Gasteiger partial charge in [-0.3, -0.25) is 0 Å². The van der Waals surface area contributed by atoms with E-state index in [0.717, 1.165) is 19.6 Å². The maximum atomic E-state index is 5.36. The van der Waals surface area contributed by atoms with Crippen molar-refractivity contribution in [2.75, 3.05) is 26.4 Å². The molecule has 2 unspecified atom stereocenters. The van der Waals surface area contributed by atoms with E-state index in [0.29, 0.717) is 25.4 Å². The van der Waals surface area contributed by atoms with Gasteiger partial charge < -0.3 is 23.7 Å². The summed E-state index contributed by atoms with van der Waals surface area (Å²) in [6.45, 7) is 3.18. The van der Waals surface area contributed by atoms with Crippen molar-refractivity contribution in [1.82, 2.24) is 0 Å². The summed E-state index contributed by atoms with van der Waals surface area (Å²) in [7, 11) is 0. The Bertz CT molecular complexity index is 555. The first-order chi connectivity index (χ1) is 17.4. The van der Waals surface area contributed by atoms with E-state index in [4.69, 9.17) is 23.7 Å². The molecule has 0 saturated carbocycles. The zero-order chi connectivity index (χ0) is 24.5. The highest BCUT2D eigenvalue weighted by Crippen LogP contribution is 2.27. The SMILES string of the molecule is C.C1=CC2CCC1O2.C1=CCCC1.C1=CCCCC1.C1=COCC1.C1=COCCC1.C1=COCCO1. The lowest BCUT2D eigenvalue weighted by Crippen LogP contribution is -2.00. The van der Waals surface area contributed by atoms with Crippen molar-refractivity contribution < 1.29 is 23.7 Å². The van der Waals surface area contributed by atoms with Gasteiger partial charge in [0.25, 0.3) is 0 Å². The Morgan fingerprint density at radius 1 is 0.417 bits per heavy atom. The second kappa shape index (κ2) is 24.3. The average molecular weight is 503 g/mol. The summed E-state index contributed by atoms with van der Waals surface area (Å²) in [6.07, 6.45) is 40.4. The molecule has 0 aromatic rings. The molecule has 5 heteroatoms. The van der Waals surface area contributed by atoms with E-state index in [1.54, 1.807) is 25.0 Å². The van der Waals surface area contributed by atoms with Gasteiger partial charge in [0.05, 0.1) is 37.9 Å². The molecule has 5 aliphatic heterocycles. The molecule has 0 spiro atoms. The van der Waals surface area contributed by atoms with Crippen molar-refractivity contribution in [3.8, 4) is 0 Å². The van der Waals surface area contributed by atoms with Crippen LogP contribution in [0, 0.1) is 0 Å². The summed E-state index contributed by atoms with van der Waals surface area (Å²) in [5.41, 5.74) is 0. The third-order valence-electron chi connectivity index (χ3n) is 5.68. The Labute approximate surface area is 220 Å². The summed E-state index contributed by atoms with van der Waals surface area (Å²) in [5.74, 6) is 0. The van der Waals surface area contributed by atoms with Gasteiger partial charge in [-0.15, -0.1) is 0 Å². The molecule has 5 heterocycles. The van der Waals surface area contributed by atoms with E-state index < -0.39 is 0 Å². The monoisotopic (exact) mass is 502 g/mol. The zero-order valence-corrected chi connectivity index (χ0v) is 21.4. The van der Waals surface area contributed by atoms with Gasteiger partial charge in [0.2, 0.25) is 0 Å². The van der Waals surface area contributed by atoms with Gasteiger partial charge >= 0.3 is 0 Å². The normalized spacial score (nSPS) is 24.4. The van der Waals surface area contributed by atoms with E-state index in [1.165, 1.54) is 70.6 Å². The molecule has 7 aliphatic rings. The molecule has 2 aliphatic carbocycles. The lowest BCUT2D eigenvalue weighted by molar-refractivity contribution is 0.108. The highest BCUT2D eigenvalue weighted by molar-refractivity contribution is 5.07. The maximum Gasteiger partial charge on any atom is 0.121 e. The third-order valence-corrected chi connectivity index (χ3v) is 5.68. The molecule has 0 aromatic carbocycles. The van der Waals surface area contributed by atoms with Crippen LogP contribution < -0.4 is 0 Å². The van der Waals surface area contributed by atoms with Gasteiger partial charge in [-0.1, -0.05) is 43.9 Å². The largest absolute Gasteiger partial charge is 0.502 e. The predicted octanol–water partition coefficient (Wildman–Crippen LogP) is 8.32. The molecule has 7 rings (SSSR count). The van der Waals surface area contributed by atoms with Crippen LogP contribution in [0.5, 0.6) is 0 Å². The van der Waals surface area contributed by atoms with Crippen LogP contribution in [0.4, 0.5) is 0 Å². The van der Waals surface area contributed by atoms with E-state index >= 15 is 0 Å². The van der Waals surface area contributed by atoms with Gasteiger partial charge in [-0.2, -0.15) is 0 Å². The second-order valence-electron chi connectivity index (χ2n) is 8.76. The van der Waals surface area contributed by atoms with Gasteiger partial charge in [0.1, 0.15) is 25.7 Å². The fourth-order valence-electron chi connectivity index (χ4n) is 3.71. The zero-order valence-electron chi connectivity index (χ0n) is 21.4. The molecule has 2 bridgehead atoms. The number of ether oxygens (including phenoxy) is 5. The molecule has 36 heavy (non-hydrogen) atoms. The van der Waals surface area contributed by atoms with Crippen LogP contribution in [-0.4, -0.2) is 38.6 Å². The molecule has 1 fully saturated rings. The Kier molecular flexibility index (Phi) is 21.4. The summed E-state index contributed by atoms with van der Waals surface area (Å²) in [6, 6.07) is 0. The van der Waals surface area contributed by atoms with E-state index in [-0.39, 0.29) is 7.43 Å². The highest BCUT2D eigenvalue weighted by atomic mass is 16.5. The Balaban J connectivity index is 0.000000216. The first-order valence-corrected chi connectivity index (χ1v) is 13.5. The lowest BCUT2D eigenvalue weighted by Gasteiger charge is -2.04. The minimum absolute atomic E-state index is 0. The van der Waals surface area contributed by atoms with Crippen molar-refractivity contribution in [3.05, 3.63) is 73.7 Å². The molecule has 0 aromatic heterocycles. The van der Waals surface area contributed by atoms with Crippen LogP contribution in [0.3, 0.4) is 0 Å². The van der Waals surface area contributed by atoms with E-state index in [9.17, 15) is 0 Å². The van der Waals surface area contributed by atoms with Gasteiger partial charge in [0, 0.05) is 6.42 Å². The van der Waals surface area contributed by atoms with Crippen LogP contribution in [0.1, 0.15) is 84.5 Å². The Hall–Kier alpha value is -2.40. The highest BCUT2D eigenvalue weighted by Gasteiger charge is 2.26. The predicted molar refractivity (Wildman–Crippen MR) is 149 cm³/mol. The molecular weight excluding hydrogens is 452 g/mol. The minimum atomic E-state index is 0. The fraction of sp³-hybridized carbons (Fsp3) is 0.613. The topological polar surface area (TPSA) is 46.2 Å². The molecule has 5 nitrogen and oxygen atoms in total. The first-order valence-electron chi connectivity index (χ1n) is 13.5. The Morgan fingerprint density at radius 2 is 0.889 bits per heavy atom. The standard InChI is InChI=1S/C6H8O.C6H10.C5H8O.C5H8.C4H6O2.C4H6O.CH4/c1-2-6-4-3-5(1)7-6;2*1-2-4-6-5-3-1;1-2-4-5-3-1;1-2-6-4-3-5-1;1-2-4-5-3-1;/h1-2,5-6H,3-4H2;1-2H,3-6H2;2,4H,1,3,5H2;1-2H,3-5H2;1-2H,3-4H2;1,3H,2,4H2;1H4. The van der Waals surface area contributed by atoms with Gasteiger partial charge in [-0.05, 0) is 82.8 Å². The fourth-order valence-corrected chi connectivity index (χ4v) is 3.71. The summed E-state index contributed by atoms with van der Waals surface area (Å²) in [4.78, 5) is 0. The molecule has 0 N–H and O–H groups in total. The van der Waals surface area contributed by atoms with Crippen molar-refractivity contribution in [2.45, 2.75) is 96.7 Å². The lowest BCUT2D eigenvalue weighted by atomic mass is 10.1. The number of fused-ring (bicyclic) bond motifs is 2. The van der Waals surface area contributed by atoms with Crippen molar-refractivity contribution in [2.24, 2.45) is 0 Å². The van der Waals surface area contributed by atoms with E-state index in [1.807, 2.05) is 12.2 Å². The number of hydrogen-bond acceptors (Lipinski definition) is 5. The smallest absolute Gasteiger partial charge is 0.121 e. The molecule has 0 amide bonds. The van der Waals surface area contributed by atoms with Crippen LogP contribution in [0.15, 0.2) is 73.7 Å². The minimum Gasteiger partial charge on any atom is -0.502 e. The van der Waals surface area contributed by atoms with Crippen molar-refractivity contribution in [3.63, 3.8) is 0 Å². The molecule has 1 saturated heterocycles. The summed E-state index contributed by atoms with van der Waals surface area (Å²) >= 11 is 0. The first kappa shape index (κ1) is 31.6. The van der Waals surface area contributed by atoms with Crippen molar-refractivity contribution in [1.29, 1.82) is 0 Å². The van der Waals surface area contributed by atoms with Crippen LogP contribution in [0.25, 0.3) is 0 Å². The third kappa shape index (κ3) is 18.9. The second-order valence-corrected chi connectivity index (χ2v) is 8.76. The quantitative estimate of drug-likeness (QED) is 0.312. The maximum absolute atomic E-state index is 5.36. The average Bonchev–Trinajstić information content (AvgIpc) is 3.81. The summed E-state index contributed by atoms with van der Waals surface area (Å²) in [5, 5.41) is 0. The van der Waals surface area contributed by atoms with Crippen LogP contribution >= 0.6 is 0 Å². The van der Waals surface area contributed by atoms with E-state index in [2.05, 4.69) is 36.5 Å².